The van der Waals surface area contributed by atoms with Crippen molar-refractivity contribution < 1.29 is 13.2 Å². The molecule has 2 atom stereocenters. The molecule has 2 N–H and O–H groups in total. The molecule has 41 heavy (non-hydrogen) atoms. The highest BCUT2D eigenvalue weighted by atomic mass is 35.5. The van der Waals surface area contributed by atoms with Crippen molar-refractivity contribution in [3.05, 3.63) is 107 Å². The molecule has 0 aliphatic heterocycles. The Bertz CT molecular complexity index is 1680. The molecule has 8 nitrogen and oxygen atoms in total. The van der Waals surface area contributed by atoms with Gasteiger partial charge in [-0.2, -0.15) is 18.4 Å². The summed E-state index contributed by atoms with van der Waals surface area (Å²) in [6, 6.07) is 18.3. The molecule has 0 fully saturated rings. The summed E-state index contributed by atoms with van der Waals surface area (Å²) in [5.74, 6) is 0. The summed E-state index contributed by atoms with van der Waals surface area (Å²) in [6.07, 6.45) is 2.22. The maximum absolute atomic E-state index is 13.0. The van der Waals surface area contributed by atoms with E-state index >= 15 is 0 Å². The van der Waals surface area contributed by atoms with Crippen molar-refractivity contribution in [1.29, 1.82) is 5.26 Å². The van der Waals surface area contributed by atoms with Gasteiger partial charge in [-0.05, 0) is 35.7 Å². The fourth-order valence-electron chi connectivity index (χ4n) is 4.61. The number of nitrogens with zero attached hydrogens (tertiary/aromatic N) is 6. The Labute approximate surface area is 238 Å². The Morgan fingerprint density at radius 1 is 1.05 bits per heavy atom. The molecule has 0 spiro atoms. The van der Waals surface area contributed by atoms with Crippen molar-refractivity contribution in [1.82, 2.24) is 25.0 Å². The summed E-state index contributed by atoms with van der Waals surface area (Å²) in [5, 5.41) is 25.4. The van der Waals surface area contributed by atoms with E-state index in [1.807, 2.05) is 37.3 Å². The predicted octanol–water partition coefficient (Wildman–Crippen LogP) is 7.07. The van der Waals surface area contributed by atoms with Crippen LogP contribution < -0.4 is 10.6 Å². The van der Waals surface area contributed by atoms with Gasteiger partial charge >= 0.3 is 6.18 Å². The minimum Gasteiger partial charge on any atom is -0.377 e. The average Bonchev–Trinajstić information content (AvgIpc) is 3.42. The molecule has 0 amide bonds. The van der Waals surface area contributed by atoms with E-state index < -0.39 is 18.8 Å². The molecule has 0 bridgehead atoms. The van der Waals surface area contributed by atoms with E-state index in [2.05, 4.69) is 37.0 Å². The standard InChI is InChI=1S/C29H24ClF3N8/c1-2-24(18-7-4-3-5-8-18)38-26-20(13-34)15-36-28-22(26)11-21(12-23(28)30)37-27(19-9-6-10-35-14-19)25-16-41(40-39-25)17-29(31,32)33/h3-12,14-16,24,27,37H,2,17H2,1H3,(H,36,38)/t24-,27+/m1/s1. The van der Waals surface area contributed by atoms with E-state index in [1.165, 1.54) is 12.4 Å². The number of alkyl halides is 3. The van der Waals surface area contributed by atoms with Crippen LogP contribution >= 0.6 is 11.6 Å². The van der Waals surface area contributed by atoms with Crippen LogP contribution in [0.2, 0.25) is 5.02 Å². The zero-order chi connectivity index (χ0) is 29.0. The van der Waals surface area contributed by atoms with E-state index in [-0.39, 0.29) is 11.7 Å². The van der Waals surface area contributed by atoms with Crippen molar-refractivity contribution in [3.63, 3.8) is 0 Å². The number of nitrogens with one attached hydrogen (secondary N) is 2. The number of nitriles is 1. The number of pyridine rings is 2. The summed E-state index contributed by atoms with van der Waals surface area (Å²) in [6.45, 7) is 0.781. The van der Waals surface area contributed by atoms with Crippen LogP contribution in [0.15, 0.2) is 79.4 Å². The van der Waals surface area contributed by atoms with E-state index in [1.54, 1.807) is 36.7 Å². The van der Waals surface area contributed by atoms with Gasteiger partial charge in [0.15, 0.2) is 0 Å². The predicted molar refractivity (Wildman–Crippen MR) is 150 cm³/mol. The third kappa shape index (κ3) is 6.39. The fourth-order valence-corrected chi connectivity index (χ4v) is 4.88. The zero-order valence-electron chi connectivity index (χ0n) is 21.8. The Hall–Kier alpha value is -4.69. The fraction of sp³-hybridized carbons (Fsp3) is 0.207. The Morgan fingerprint density at radius 2 is 1.83 bits per heavy atom. The quantitative estimate of drug-likeness (QED) is 0.193. The molecule has 0 saturated carbocycles. The van der Waals surface area contributed by atoms with Crippen LogP contribution in [0.3, 0.4) is 0 Å². The number of halogens is 4. The van der Waals surface area contributed by atoms with Crippen molar-refractivity contribution >= 4 is 33.9 Å². The lowest BCUT2D eigenvalue weighted by molar-refractivity contribution is -0.142. The third-order valence-electron chi connectivity index (χ3n) is 6.50. The lowest BCUT2D eigenvalue weighted by Gasteiger charge is -2.22. The van der Waals surface area contributed by atoms with Crippen LogP contribution in [-0.2, 0) is 6.54 Å². The van der Waals surface area contributed by atoms with E-state index in [0.29, 0.717) is 38.4 Å². The van der Waals surface area contributed by atoms with Crippen molar-refractivity contribution in [3.8, 4) is 6.07 Å². The van der Waals surface area contributed by atoms with Gasteiger partial charge in [0, 0.05) is 29.7 Å². The van der Waals surface area contributed by atoms with Gasteiger partial charge in [-0.15, -0.1) is 5.10 Å². The second kappa shape index (κ2) is 11.8. The molecule has 5 rings (SSSR count). The molecule has 0 unspecified atom stereocenters. The SMILES string of the molecule is CC[C@@H](Nc1c(C#N)cnc2c(Cl)cc(N[C@@H](c3cccnc3)c3cn(CC(F)(F)F)nn3)cc12)c1ccccc1. The van der Waals surface area contributed by atoms with Gasteiger partial charge in [-0.25, -0.2) is 4.68 Å². The van der Waals surface area contributed by atoms with Gasteiger partial charge in [-0.3, -0.25) is 9.97 Å². The van der Waals surface area contributed by atoms with Crippen LogP contribution in [0.4, 0.5) is 24.5 Å². The van der Waals surface area contributed by atoms with Gasteiger partial charge in [0.1, 0.15) is 18.3 Å². The zero-order valence-corrected chi connectivity index (χ0v) is 22.5. The largest absolute Gasteiger partial charge is 0.408 e. The first-order valence-corrected chi connectivity index (χ1v) is 13.1. The average molecular weight is 577 g/mol. The molecular formula is C29H24ClF3N8. The summed E-state index contributed by atoms with van der Waals surface area (Å²) < 4.78 is 39.7. The maximum atomic E-state index is 13.0. The van der Waals surface area contributed by atoms with Gasteiger partial charge < -0.3 is 10.6 Å². The second-order valence-electron chi connectivity index (χ2n) is 9.35. The summed E-state index contributed by atoms with van der Waals surface area (Å²) >= 11 is 6.69. The van der Waals surface area contributed by atoms with E-state index in [0.717, 1.165) is 16.7 Å². The Morgan fingerprint density at radius 3 is 2.51 bits per heavy atom. The number of aromatic nitrogens is 5. The topological polar surface area (TPSA) is 104 Å². The van der Waals surface area contributed by atoms with Crippen molar-refractivity contribution in [2.24, 2.45) is 0 Å². The minimum absolute atomic E-state index is 0.0869. The molecule has 5 aromatic rings. The number of anilines is 2. The smallest absolute Gasteiger partial charge is 0.377 e. The van der Waals surface area contributed by atoms with Crippen LogP contribution in [0, 0.1) is 11.3 Å². The van der Waals surface area contributed by atoms with Gasteiger partial charge in [0.05, 0.1) is 40.1 Å². The number of hydrogen-bond acceptors (Lipinski definition) is 7. The highest BCUT2D eigenvalue weighted by Crippen LogP contribution is 2.37. The molecule has 208 valence electrons. The molecule has 0 radical (unpaired) electrons. The minimum atomic E-state index is -4.45. The third-order valence-corrected chi connectivity index (χ3v) is 6.78. The van der Waals surface area contributed by atoms with Gasteiger partial charge in [-0.1, -0.05) is 60.1 Å². The lowest BCUT2D eigenvalue weighted by atomic mass is 10.0. The second-order valence-corrected chi connectivity index (χ2v) is 9.76. The molecule has 0 aliphatic carbocycles. The van der Waals surface area contributed by atoms with Crippen LogP contribution in [0.5, 0.6) is 0 Å². The molecular weight excluding hydrogens is 553 g/mol. The van der Waals surface area contributed by atoms with Crippen molar-refractivity contribution in [2.75, 3.05) is 10.6 Å². The molecule has 12 heteroatoms. The highest BCUT2D eigenvalue weighted by Gasteiger charge is 2.29. The molecule has 3 aromatic heterocycles. The lowest BCUT2D eigenvalue weighted by Crippen LogP contribution is -2.18. The first kappa shape index (κ1) is 27.9. The number of fused-ring (bicyclic) bond motifs is 1. The summed E-state index contributed by atoms with van der Waals surface area (Å²) in [5.41, 5.74) is 3.93. The van der Waals surface area contributed by atoms with Crippen LogP contribution in [0.1, 0.15) is 47.8 Å². The van der Waals surface area contributed by atoms with Crippen molar-refractivity contribution in [2.45, 2.75) is 38.1 Å². The first-order chi connectivity index (χ1) is 19.8. The Kier molecular flexibility index (Phi) is 8.03. The normalized spacial score (nSPS) is 13.0. The summed E-state index contributed by atoms with van der Waals surface area (Å²) in [4.78, 5) is 8.58. The number of hydrogen-bond donors (Lipinski definition) is 2. The van der Waals surface area contributed by atoms with E-state index in [9.17, 15) is 18.4 Å². The Balaban J connectivity index is 1.57. The van der Waals surface area contributed by atoms with Crippen LogP contribution in [0.25, 0.3) is 10.9 Å². The molecule has 0 aliphatic rings. The van der Waals surface area contributed by atoms with Crippen LogP contribution in [-0.4, -0.2) is 31.1 Å². The van der Waals surface area contributed by atoms with Gasteiger partial charge in [0.2, 0.25) is 0 Å². The molecule has 3 heterocycles. The maximum Gasteiger partial charge on any atom is 0.408 e. The first-order valence-electron chi connectivity index (χ1n) is 12.7. The summed E-state index contributed by atoms with van der Waals surface area (Å²) in [7, 11) is 0. The number of rotatable bonds is 9. The monoisotopic (exact) mass is 576 g/mol. The molecule has 0 saturated heterocycles. The van der Waals surface area contributed by atoms with Gasteiger partial charge in [0.25, 0.3) is 0 Å². The molecule has 2 aromatic carbocycles. The highest BCUT2D eigenvalue weighted by molar-refractivity contribution is 6.35. The van der Waals surface area contributed by atoms with E-state index in [4.69, 9.17) is 11.6 Å². The number of benzene rings is 2.